The van der Waals surface area contributed by atoms with Crippen LogP contribution in [0.15, 0.2) is 88.4 Å². The Labute approximate surface area is 201 Å². The molecule has 0 saturated carbocycles. The number of benzene rings is 3. The van der Waals surface area contributed by atoms with Crippen molar-refractivity contribution in [3.05, 3.63) is 101 Å². The van der Waals surface area contributed by atoms with E-state index in [4.69, 9.17) is 9.15 Å². The van der Waals surface area contributed by atoms with Gasteiger partial charge in [0.15, 0.2) is 5.58 Å². The van der Waals surface area contributed by atoms with Gasteiger partial charge in [-0.1, -0.05) is 36.4 Å². The number of amides is 1. The minimum atomic E-state index is -0.377. The van der Waals surface area contributed by atoms with Crippen LogP contribution in [0.1, 0.15) is 21.6 Å². The number of nitrogens with zero attached hydrogens (tertiary/aromatic N) is 2. The molecule has 0 aliphatic carbocycles. The second kappa shape index (κ2) is 9.40. The number of carbonyl (C=O) groups is 1. The van der Waals surface area contributed by atoms with E-state index in [9.17, 15) is 9.90 Å². The molecular formula is C28H23N3O4. The average molecular weight is 466 g/mol. The number of anilines is 1. The minimum absolute atomic E-state index is 0.139. The number of hydrogen-bond acceptors (Lipinski definition) is 6. The predicted octanol–water partition coefficient (Wildman–Crippen LogP) is 5.28. The molecule has 7 heteroatoms. The zero-order valence-corrected chi connectivity index (χ0v) is 19.3. The van der Waals surface area contributed by atoms with Gasteiger partial charge in [0.1, 0.15) is 11.3 Å². The Kier molecular flexibility index (Phi) is 5.99. The Hall–Kier alpha value is -4.49. The van der Waals surface area contributed by atoms with Gasteiger partial charge in [0.2, 0.25) is 5.55 Å². The lowest BCUT2D eigenvalue weighted by Gasteiger charge is -2.11. The molecule has 5 rings (SSSR count). The first kappa shape index (κ1) is 22.3. The molecule has 0 spiro atoms. The van der Waals surface area contributed by atoms with Crippen LogP contribution in [-0.2, 0) is 6.61 Å². The van der Waals surface area contributed by atoms with Gasteiger partial charge < -0.3 is 19.6 Å². The fourth-order valence-corrected chi connectivity index (χ4v) is 3.96. The molecule has 0 unspecified atom stereocenters. The maximum absolute atomic E-state index is 13.6. The fraction of sp³-hybridized carbons (Fsp3) is 0.107. The maximum atomic E-state index is 13.6. The second-order valence-corrected chi connectivity index (χ2v) is 8.03. The monoisotopic (exact) mass is 465 g/mol. The van der Waals surface area contributed by atoms with Gasteiger partial charge in [-0.15, -0.1) is 0 Å². The van der Waals surface area contributed by atoms with Gasteiger partial charge >= 0.3 is 0 Å². The van der Waals surface area contributed by atoms with Gasteiger partial charge in [-0.3, -0.25) is 9.78 Å². The molecule has 0 aliphatic heterocycles. The normalized spacial score (nSPS) is 11.7. The van der Waals surface area contributed by atoms with Crippen LogP contribution >= 0.6 is 0 Å². The summed E-state index contributed by atoms with van der Waals surface area (Å²) in [5, 5.41) is 15.4. The standard InChI is InChI=1S/C28H23N3O4/c1-17-26-23(19(16-32)15-29-17)14-24(28(35-26)30-20-10-12-21(34-2)13-11-20)27(33)31-25-9-5-7-18-6-3-4-8-22(18)25/h3-15,32H,16H2,1-2H3,(H,31,33). The van der Waals surface area contributed by atoms with E-state index < -0.39 is 0 Å². The van der Waals surface area contributed by atoms with Crippen LogP contribution in [0, 0.1) is 6.92 Å². The van der Waals surface area contributed by atoms with Crippen molar-refractivity contribution in [1.82, 2.24) is 4.98 Å². The van der Waals surface area contributed by atoms with E-state index in [0.29, 0.717) is 39.4 Å². The zero-order valence-electron chi connectivity index (χ0n) is 19.3. The van der Waals surface area contributed by atoms with Crippen LogP contribution in [0.3, 0.4) is 0 Å². The summed E-state index contributed by atoms with van der Waals surface area (Å²) in [5.41, 5.74) is 3.30. The van der Waals surface area contributed by atoms with Crippen molar-refractivity contribution in [2.24, 2.45) is 4.99 Å². The number of aliphatic hydroxyl groups is 1. The molecule has 35 heavy (non-hydrogen) atoms. The van der Waals surface area contributed by atoms with E-state index >= 15 is 0 Å². The zero-order chi connectivity index (χ0) is 24.4. The second-order valence-electron chi connectivity index (χ2n) is 8.03. The van der Waals surface area contributed by atoms with E-state index in [1.165, 1.54) is 0 Å². The van der Waals surface area contributed by atoms with Crippen LogP contribution in [0.4, 0.5) is 11.4 Å². The van der Waals surface area contributed by atoms with E-state index in [-0.39, 0.29) is 23.6 Å². The highest BCUT2D eigenvalue weighted by Crippen LogP contribution is 2.25. The molecule has 0 saturated heterocycles. The molecule has 7 nitrogen and oxygen atoms in total. The van der Waals surface area contributed by atoms with E-state index in [1.54, 1.807) is 50.6 Å². The Bertz CT molecular complexity index is 1620. The number of aromatic nitrogens is 1. The van der Waals surface area contributed by atoms with Crippen LogP contribution in [0.5, 0.6) is 5.75 Å². The van der Waals surface area contributed by atoms with Crippen molar-refractivity contribution in [3.8, 4) is 5.75 Å². The van der Waals surface area contributed by atoms with Crippen molar-refractivity contribution in [1.29, 1.82) is 0 Å². The van der Waals surface area contributed by atoms with Crippen molar-refractivity contribution in [2.45, 2.75) is 13.5 Å². The van der Waals surface area contributed by atoms with Gasteiger partial charge in [-0.25, -0.2) is 4.99 Å². The van der Waals surface area contributed by atoms with Crippen LogP contribution in [-0.4, -0.2) is 23.1 Å². The number of aliphatic hydroxyl groups excluding tert-OH is 1. The maximum Gasteiger partial charge on any atom is 0.261 e. The highest BCUT2D eigenvalue weighted by molar-refractivity contribution is 6.10. The number of pyridine rings is 1. The SMILES string of the molecule is COc1ccc(N=c2oc3c(C)ncc(CO)c3cc2C(=O)Nc2cccc3ccccc23)cc1. The number of methoxy groups -OCH3 is 1. The van der Waals surface area contributed by atoms with Crippen LogP contribution in [0.25, 0.3) is 21.7 Å². The van der Waals surface area contributed by atoms with Gasteiger partial charge in [0.05, 0.1) is 25.1 Å². The molecule has 5 aromatic rings. The Morgan fingerprint density at radius 3 is 2.60 bits per heavy atom. The van der Waals surface area contributed by atoms with Crippen molar-refractivity contribution >= 4 is 39.0 Å². The van der Waals surface area contributed by atoms with Crippen LogP contribution in [0.2, 0.25) is 0 Å². The first-order chi connectivity index (χ1) is 17.1. The fourth-order valence-electron chi connectivity index (χ4n) is 3.96. The summed E-state index contributed by atoms with van der Waals surface area (Å²) in [6.45, 7) is 1.57. The molecule has 174 valence electrons. The third kappa shape index (κ3) is 4.37. The number of ether oxygens (including phenoxy) is 1. The lowest BCUT2D eigenvalue weighted by Crippen LogP contribution is -2.22. The van der Waals surface area contributed by atoms with Crippen molar-refractivity contribution < 1.29 is 19.1 Å². The number of aryl methyl sites for hydroxylation is 1. The van der Waals surface area contributed by atoms with Crippen molar-refractivity contribution in [3.63, 3.8) is 0 Å². The van der Waals surface area contributed by atoms with Gasteiger partial charge in [-0.05, 0) is 48.7 Å². The molecule has 2 N–H and O–H groups in total. The summed E-state index contributed by atoms with van der Waals surface area (Å²) in [6.07, 6.45) is 1.58. The van der Waals surface area contributed by atoms with Gasteiger partial charge in [0, 0.05) is 28.2 Å². The average Bonchev–Trinajstić information content (AvgIpc) is 2.89. The molecule has 0 bridgehead atoms. The highest BCUT2D eigenvalue weighted by atomic mass is 16.5. The first-order valence-electron chi connectivity index (χ1n) is 11.1. The lowest BCUT2D eigenvalue weighted by molar-refractivity contribution is 0.102. The van der Waals surface area contributed by atoms with Crippen molar-refractivity contribution in [2.75, 3.05) is 12.4 Å². The molecule has 2 aromatic heterocycles. The molecule has 2 heterocycles. The molecule has 0 fully saturated rings. The number of fused-ring (bicyclic) bond motifs is 2. The molecule has 3 aromatic carbocycles. The Morgan fingerprint density at radius 1 is 1.06 bits per heavy atom. The van der Waals surface area contributed by atoms with E-state index in [1.807, 2.05) is 42.5 Å². The van der Waals surface area contributed by atoms with Gasteiger partial charge in [-0.2, -0.15) is 0 Å². The molecule has 1 amide bonds. The third-order valence-electron chi connectivity index (χ3n) is 5.81. The van der Waals surface area contributed by atoms with E-state index in [0.717, 1.165) is 10.8 Å². The predicted molar refractivity (Wildman–Crippen MR) is 135 cm³/mol. The third-order valence-corrected chi connectivity index (χ3v) is 5.81. The quantitative estimate of drug-likeness (QED) is 0.368. The number of rotatable bonds is 5. The summed E-state index contributed by atoms with van der Waals surface area (Å²) in [6, 6.07) is 22.4. The smallest absolute Gasteiger partial charge is 0.261 e. The summed E-state index contributed by atoms with van der Waals surface area (Å²) in [5.74, 6) is 0.318. The molecule has 0 aliphatic rings. The summed E-state index contributed by atoms with van der Waals surface area (Å²) < 4.78 is 11.4. The number of nitrogens with one attached hydrogen (secondary N) is 1. The minimum Gasteiger partial charge on any atom is -0.497 e. The number of carbonyl (C=O) groups excluding carboxylic acids is 1. The highest BCUT2D eigenvalue weighted by Gasteiger charge is 2.17. The summed E-state index contributed by atoms with van der Waals surface area (Å²) >= 11 is 0. The lowest BCUT2D eigenvalue weighted by atomic mass is 10.1. The Morgan fingerprint density at radius 2 is 1.83 bits per heavy atom. The molecular weight excluding hydrogens is 442 g/mol. The topological polar surface area (TPSA) is 97.0 Å². The molecule has 0 radical (unpaired) electrons. The summed E-state index contributed by atoms with van der Waals surface area (Å²) in [4.78, 5) is 22.5. The molecule has 0 atom stereocenters. The first-order valence-corrected chi connectivity index (χ1v) is 11.1. The van der Waals surface area contributed by atoms with Crippen LogP contribution < -0.4 is 15.6 Å². The largest absolute Gasteiger partial charge is 0.497 e. The summed E-state index contributed by atoms with van der Waals surface area (Å²) in [7, 11) is 1.59. The number of hydrogen-bond donors (Lipinski definition) is 2. The van der Waals surface area contributed by atoms with Gasteiger partial charge in [0.25, 0.3) is 5.91 Å². The Balaban J connectivity index is 1.69. The van der Waals surface area contributed by atoms with E-state index in [2.05, 4.69) is 15.3 Å².